The van der Waals surface area contributed by atoms with Crippen molar-refractivity contribution in [2.24, 2.45) is 0 Å². The number of hydrogen-bond donors (Lipinski definition) is 1. The van der Waals surface area contributed by atoms with Crippen molar-refractivity contribution in [1.29, 1.82) is 0 Å². The second-order valence-corrected chi connectivity index (χ2v) is 5.50. The summed E-state index contributed by atoms with van der Waals surface area (Å²) in [7, 11) is 0. The predicted molar refractivity (Wildman–Crippen MR) is 76.1 cm³/mol. The summed E-state index contributed by atoms with van der Waals surface area (Å²) in [4.78, 5) is 0. The van der Waals surface area contributed by atoms with Crippen LogP contribution in [0.1, 0.15) is 28.1 Å². The highest BCUT2D eigenvalue weighted by atomic mass is 32.1. The fraction of sp³-hybridized carbons (Fsp3) is 0.429. The maximum Gasteiger partial charge on any atom is 0.121 e. The molecular weight excluding hydrogens is 242 g/mol. The summed E-state index contributed by atoms with van der Waals surface area (Å²) in [5, 5.41) is 14.0. The summed E-state index contributed by atoms with van der Waals surface area (Å²) in [6.07, 6.45) is 1.86. The molecule has 0 amide bonds. The van der Waals surface area contributed by atoms with Crippen molar-refractivity contribution >= 4 is 11.3 Å². The van der Waals surface area contributed by atoms with Crippen molar-refractivity contribution in [1.82, 2.24) is 15.5 Å². The number of rotatable bonds is 6. The molecule has 2 aromatic rings. The molecule has 0 saturated carbocycles. The van der Waals surface area contributed by atoms with Crippen molar-refractivity contribution in [3.05, 3.63) is 45.4 Å². The van der Waals surface area contributed by atoms with Gasteiger partial charge in [0.2, 0.25) is 0 Å². The summed E-state index contributed by atoms with van der Waals surface area (Å²) in [5.74, 6) is 0. The minimum atomic E-state index is 0.888. The van der Waals surface area contributed by atoms with Crippen LogP contribution >= 0.6 is 11.3 Å². The van der Waals surface area contributed by atoms with Gasteiger partial charge in [-0.1, -0.05) is 36.8 Å². The molecule has 3 nitrogen and oxygen atoms in total. The lowest BCUT2D eigenvalue weighted by Crippen LogP contribution is -2.15. The van der Waals surface area contributed by atoms with E-state index in [4.69, 9.17) is 0 Å². The Hall–Kier alpha value is -1.26. The Kier molecular flexibility index (Phi) is 4.84. The molecule has 0 spiro atoms. The van der Waals surface area contributed by atoms with Gasteiger partial charge in [-0.05, 0) is 19.0 Å². The van der Waals surface area contributed by atoms with E-state index in [9.17, 15) is 0 Å². The van der Waals surface area contributed by atoms with Gasteiger partial charge in [0.05, 0.1) is 0 Å². The molecule has 0 atom stereocenters. The maximum absolute atomic E-state index is 4.25. The van der Waals surface area contributed by atoms with Gasteiger partial charge in [0, 0.05) is 19.4 Å². The number of benzene rings is 1. The van der Waals surface area contributed by atoms with Crippen LogP contribution < -0.4 is 5.32 Å². The number of likely N-dealkylation sites (N-methyl/N-ethyl adjacent to an activating group) is 1. The zero-order valence-corrected chi connectivity index (χ0v) is 11.8. The average molecular weight is 261 g/mol. The monoisotopic (exact) mass is 261 g/mol. The van der Waals surface area contributed by atoms with Gasteiger partial charge in [-0.25, -0.2) is 0 Å². The molecular formula is C14H19N3S. The zero-order valence-electron chi connectivity index (χ0n) is 10.9. The quantitative estimate of drug-likeness (QED) is 0.812. The average Bonchev–Trinajstić information content (AvgIpc) is 2.80. The molecule has 96 valence electrons. The standard InChI is InChI=1S/C14H19N3S/c1-3-15-9-8-13-16-17-14(18-13)10-12-6-4-11(2)5-7-12/h4-7,15H,3,8-10H2,1-2H3. The SMILES string of the molecule is CCNCCc1nnc(Cc2ccc(C)cc2)s1. The van der Waals surface area contributed by atoms with Gasteiger partial charge < -0.3 is 5.32 Å². The van der Waals surface area contributed by atoms with E-state index in [1.54, 1.807) is 11.3 Å². The van der Waals surface area contributed by atoms with Gasteiger partial charge >= 0.3 is 0 Å². The van der Waals surface area contributed by atoms with E-state index in [1.807, 2.05) is 0 Å². The Morgan fingerprint density at radius 1 is 1.11 bits per heavy atom. The lowest BCUT2D eigenvalue weighted by Gasteiger charge is -1.98. The number of nitrogens with one attached hydrogen (secondary N) is 1. The number of hydrogen-bond acceptors (Lipinski definition) is 4. The van der Waals surface area contributed by atoms with E-state index in [-0.39, 0.29) is 0 Å². The Morgan fingerprint density at radius 2 is 1.83 bits per heavy atom. The van der Waals surface area contributed by atoms with Gasteiger partial charge in [0.15, 0.2) is 0 Å². The molecule has 1 heterocycles. The number of nitrogens with zero attached hydrogens (tertiary/aromatic N) is 2. The summed E-state index contributed by atoms with van der Waals surface area (Å²) in [5.41, 5.74) is 2.59. The summed E-state index contributed by atoms with van der Waals surface area (Å²) < 4.78 is 0. The van der Waals surface area contributed by atoms with Crippen molar-refractivity contribution < 1.29 is 0 Å². The van der Waals surface area contributed by atoms with Crippen LogP contribution in [0.2, 0.25) is 0 Å². The Morgan fingerprint density at radius 3 is 2.56 bits per heavy atom. The second kappa shape index (κ2) is 6.61. The predicted octanol–water partition coefficient (Wildman–Crippen LogP) is 2.59. The van der Waals surface area contributed by atoms with Crippen LogP contribution in [0.15, 0.2) is 24.3 Å². The van der Waals surface area contributed by atoms with Crippen molar-refractivity contribution in [2.75, 3.05) is 13.1 Å². The number of aromatic nitrogens is 2. The third kappa shape index (κ3) is 3.89. The van der Waals surface area contributed by atoms with Crippen molar-refractivity contribution in [3.8, 4) is 0 Å². The van der Waals surface area contributed by atoms with E-state index in [2.05, 4.69) is 53.6 Å². The van der Waals surface area contributed by atoms with Gasteiger partial charge in [0.1, 0.15) is 10.0 Å². The first-order valence-corrected chi connectivity index (χ1v) is 7.17. The molecule has 4 heteroatoms. The lowest BCUT2D eigenvalue weighted by molar-refractivity contribution is 0.710. The lowest BCUT2D eigenvalue weighted by atomic mass is 10.1. The molecule has 0 fully saturated rings. The van der Waals surface area contributed by atoms with E-state index in [0.717, 1.165) is 35.9 Å². The molecule has 1 aromatic carbocycles. The van der Waals surface area contributed by atoms with Crippen LogP contribution in [0.3, 0.4) is 0 Å². The topological polar surface area (TPSA) is 37.8 Å². The van der Waals surface area contributed by atoms with Crippen molar-refractivity contribution in [3.63, 3.8) is 0 Å². The Bertz CT molecular complexity index is 476. The summed E-state index contributed by atoms with van der Waals surface area (Å²) >= 11 is 1.72. The summed E-state index contributed by atoms with van der Waals surface area (Å²) in [6, 6.07) is 8.61. The third-order valence-electron chi connectivity index (χ3n) is 2.75. The Balaban J connectivity index is 1.91. The van der Waals surface area contributed by atoms with Gasteiger partial charge in [-0.3, -0.25) is 0 Å². The molecule has 0 bridgehead atoms. The molecule has 0 saturated heterocycles. The first-order valence-electron chi connectivity index (χ1n) is 6.35. The first-order chi connectivity index (χ1) is 8.78. The highest BCUT2D eigenvalue weighted by Crippen LogP contribution is 2.15. The molecule has 0 aliphatic heterocycles. The molecule has 1 N–H and O–H groups in total. The van der Waals surface area contributed by atoms with Gasteiger partial charge in [0.25, 0.3) is 0 Å². The minimum absolute atomic E-state index is 0.888. The molecule has 2 rings (SSSR count). The first kappa shape index (κ1) is 13.2. The van der Waals surface area contributed by atoms with Crippen LogP contribution in [0, 0.1) is 6.92 Å². The van der Waals surface area contributed by atoms with Crippen LogP contribution in [-0.2, 0) is 12.8 Å². The summed E-state index contributed by atoms with van der Waals surface area (Å²) in [6.45, 7) is 6.21. The third-order valence-corrected chi connectivity index (χ3v) is 3.73. The van der Waals surface area contributed by atoms with E-state index in [1.165, 1.54) is 11.1 Å². The van der Waals surface area contributed by atoms with E-state index < -0.39 is 0 Å². The molecule has 1 aromatic heterocycles. The fourth-order valence-corrected chi connectivity index (χ4v) is 2.59. The molecule has 0 aliphatic carbocycles. The van der Waals surface area contributed by atoms with Crippen molar-refractivity contribution in [2.45, 2.75) is 26.7 Å². The van der Waals surface area contributed by atoms with Gasteiger partial charge in [-0.2, -0.15) is 0 Å². The second-order valence-electron chi connectivity index (χ2n) is 4.36. The molecule has 0 unspecified atom stereocenters. The normalized spacial score (nSPS) is 10.8. The van der Waals surface area contributed by atoms with Crippen LogP contribution in [0.25, 0.3) is 0 Å². The van der Waals surface area contributed by atoms with Gasteiger partial charge in [-0.15, -0.1) is 21.5 Å². The molecule has 0 aliphatic rings. The minimum Gasteiger partial charge on any atom is -0.317 e. The number of aryl methyl sites for hydroxylation is 1. The van der Waals surface area contributed by atoms with Crippen LogP contribution in [0.5, 0.6) is 0 Å². The molecule has 18 heavy (non-hydrogen) atoms. The zero-order chi connectivity index (χ0) is 12.8. The van der Waals surface area contributed by atoms with E-state index in [0.29, 0.717) is 0 Å². The smallest absolute Gasteiger partial charge is 0.121 e. The van der Waals surface area contributed by atoms with Crippen LogP contribution in [0.4, 0.5) is 0 Å². The Labute approximate surface area is 112 Å². The molecule has 0 radical (unpaired) electrons. The fourth-order valence-electron chi connectivity index (χ4n) is 1.71. The largest absolute Gasteiger partial charge is 0.317 e. The highest BCUT2D eigenvalue weighted by molar-refractivity contribution is 7.11. The van der Waals surface area contributed by atoms with E-state index >= 15 is 0 Å². The highest BCUT2D eigenvalue weighted by Gasteiger charge is 2.04. The maximum atomic E-state index is 4.25. The van der Waals surface area contributed by atoms with Crippen LogP contribution in [-0.4, -0.2) is 23.3 Å².